The van der Waals surface area contributed by atoms with E-state index in [4.69, 9.17) is 16.3 Å². The van der Waals surface area contributed by atoms with Gasteiger partial charge in [0.2, 0.25) is 0 Å². The molecule has 0 spiro atoms. The minimum atomic E-state index is 0.491. The van der Waals surface area contributed by atoms with Crippen LogP contribution in [0.4, 0.5) is 0 Å². The number of alkyl halides is 1. The van der Waals surface area contributed by atoms with Crippen molar-refractivity contribution in [2.45, 2.75) is 13.3 Å². The molecular formula is C24H23ClO. The Balaban J connectivity index is 2.11. The summed E-state index contributed by atoms with van der Waals surface area (Å²) >= 11 is 5.71. The number of halogens is 1. The molecule has 0 unspecified atom stereocenters. The van der Waals surface area contributed by atoms with Crippen LogP contribution < -0.4 is 4.74 Å². The third-order valence-electron chi connectivity index (χ3n) is 4.33. The number of rotatable bonds is 7. The Morgan fingerprint density at radius 3 is 1.81 bits per heavy atom. The Labute approximate surface area is 160 Å². The van der Waals surface area contributed by atoms with Gasteiger partial charge in [-0.3, -0.25) is 0 Å². The van der Waals surface area contributed by atoms with Gasteiger partial charge in [0.1, 0.15) is 12.4 Å². The van der Waals surface area contributed by atoms with Gasteiger partial charge in [-0.2, -0.15) is 0 Å². The van der Waals surface area contributed by atoms with Gasteiger partial charge < -0.3 is 4.74 Å². The van der Waals surface area contributed by atoms with Crippen molar-refractivity contribution in [3.8, 4) is 5.75 Å². The first-order chi connectivity index (χ1) is 12.8. The van der Waals surface area contributed by atoms with Gasteiger partial charge in [-0.25, -0.2) is 0 Å². The largest absolute Gasteiger partial charge is 0.492 e. The van der Waals surface area contributed by atoms with Crippen molar-refractivity contribution >= 4 is 22.7 Å². The smallest absolute Gasteiger partial charge is 0.119 e. The summed E-state index contributed by atoms with van der Waals surface area (Å²) in [5.41, 5.74) is 6.28. The number of hydrogen-bond donors (Lipinski definition) is 0. The Bertz CT molecular complexity index is 836. The van der Waals surface area contributed by atoms with E-state index in [1.807, 2.05) is 12.1 Å². The second-order valence-electron chi connectivity index (χ2n) is 6.00. The summed E-state index contributed by atoms with van der Waals surface area (Å²) in [6, 6.07) is 29.5. The van der Waals surface area contributed by atoms with Gasteiger partial charge in [-0.05, 0) is 46.4 Å². The average Bonchev–Trinajstić information content (AvgIpc) is 2.72. The molecule has 0 bridgehead atoms. The second kappa shape index (κ2) is 9.26. The predicted molar refractivity (Wildman–Crippen MR) is 112 cm³/mol. The zero-order valence-corrected chi connectivity index (χ0v) is 15.7. The van der Waals surface area contributed by atoms with Gasteiger partial charge in [-0.15, -0.1) is 11.6 Å². The Morgan fingerprint density at radius 2 is 1.27 bits per heavy atom. The SMILES string of the molecule is CC/C(=C(\c1ccccc1)c1ccc(OCCCl)cc1)c1ccccc1. The summed E-state index contributed by atoms with van der Waals surface area (Å²) in [7, 11) is 0. The van der Waals surface area contributed by atoms with Gasteiger partial charge >= 0.3 is 0 Å². The van der Waals surface area contributed by atoms with Crippen molar-refractivity contribution in [1.82, 2.24) is 0 Å². The lowest BCUT2D eigenvalue weighted by Crippen LogP contribution is -1.98. The lowest BCUT2D eigenvalue weighted by molar-refractivity contribution is 0.343. The molecule has 3 rings (SSSR count). The third kappa shape index (κ3) is 4.36. The minimum absolute atomic E-state index is 0.491. The van der Waals surface area contributed by atoms with Crippen LogP contribution in [0.1, 0.15) is 30.0 Å². The Hall–Kier alpha value is -2.51. The molecule has 0 aliphatic carbocycles. The highest BCUT2D eigenvalue weighted by molar-refractivity contribution is 6.18. The van der Waals surface area contributed by atoms with Crippen molar-refractivity contribution in [3.05, 3.63) is 102 Å². The van der Waals surface area contributed by atoms with E-state index in [-0.39, 0.29) is 0 Å². The van der Waals surface area contributed by atoms with E-state index in [2.05, 4.69) is 79.7 Å². The molecule has 0 saturated heterocycles. The van der Waals surface area contributed by atoms with E-state index >= 15 is 0 Å². The summed E-state index contributed by atoms with van der Waals surface area (Å²) in [6.45, 7) is 2.73. The third-order valence-corrected chi connectivity index (χ3v) is 4.48. The number of ether oxygens (including phenoxy) is 1. The fourth-order valence-corrected chi connectivity index (χ4v) is 3.24. The molecule has 0 fully saturated rings. The normalized spacial score (nSPS) is 11.8. The molecular weight excluding hydrogens is 340 g/mol. The molecule has 26 heavy (non-hydrogen) atoms. The molecule has 0 atom stereocenters. The van der Waals surface area contributed by atoms with Gasteiger partial charge in [-0.1, -0.05) is 79.7 Å². The van der Waals surface area contributed by atoms with Crippen molar-refractivity contribution in [2.24, 2.45) is 0 Å². The first-order valence-electron chi connectivity index (χ1n) is 8.96. The summed E-state index contributed by atoms with van der Waals surface area (Å²) in [4.78, 5) is 0. The maximum Gasteiger partial charge on any atom is 0.119 e. The van der Waals surface area contributed by atoms with Crippen molar-refractivity contribution in [3.63, 3.8) is 0 Å². The van der Waals surface area contributed by atoms with E-state index < -0.39 is 0 Å². The topological polar surface area (TPSA) is 9.23 Å². The van der Waals surface area contributed by atoms with Gasteiger partial charge in [0.05, 0.1) is 5.88 Å². The summed E-state index contributed by atoms with van der Waals surface area (Å²) in [6.07, 6.45) is 0.957. The van der Waals surface area contributed by atoms with Crippen LogP contribution in [0.15, 0.2) is 84.9 Å². The van der Waals surface area contributed by atoms with E-state index in [1.54, 1.807) is 0 Å². The lowest BCUT2D eigenvalue weighted by Gasteiger charge is -2.16. The Morgan fingerprint density at radius 1 is 0.731 bits per heavy atom. The van der Waals surface area contributed by atoms with Gasteiger partial charge in [0.25, 0.3) is 0 Å². The Kier molecular flexibility index (Phi) is 6.51. The van der Waals surface area contributed by atoms with Crippen LogP contribution in [0.5, 0.6) is 5.75 Å². The molecule has 3 aromatic rings. The van der Waals surface area contributed by atoms with E-state index in [9.17, 15) is 0 Å². The second-order valence-corrected chi connectivity index (χ2v) is 6.38. The summed E-state index contributed by atoms with van der Waals surface area (Å²) in [5, 5.41) is 0. The summed E-state index contributed by atoms with van der Waals surface area (Å²) < 4.78 is 5.62. The molecule has 132 valence electrons. The summed E-state index contributed by atoms with van der Waals surface area (Å²) in [5.74, 6) is 1.34. The maximum absolute atomic E-state index is 5.71. The number of benzene rings is 3. The lowest BCUT2D eigenvalue weighted by atomic mass is 9.88. The van der Waals surface area contributed by atoms with Gasteiger partial charge in [0.15, 0.2) is 0 Å². The molecule has 0 heterocycles. The standard InChI is InChI=1S/C24H23ClO/c1-2-23(19-9-5-3-6-10-19)24(20-11-7-4-8-12-20)21-13-15-22(16-14-21)26-18-17-25/h3-16H,2,17-18H2,1H3/b24-23-. The predicted octanol–water partition coefficient (Wildman–Crippen LogP) is 6.67. The zero-order chi connectivity index (χ0) is 18.2. The number of allylic oxidation sites excluding steroid dienone is 1. The van der Waals surface area contributed by atoms with Crippen LogP contribution in [-0.4, -0.2) is 12.5 Å². The van der Waals surface area contributed by atoms with Crippen molar-refractivity contribution in [1.29, 1.82) is 0 Å². The molecule has 0 radical (unpaired) electrons. The molecule has 3 aromatic carbocycles. The highest BCUT2D eigenvalue weighted by atomic mass is 35.5. The first kappa shape index (κ1) is 18.3. The quantitative estimate of drug-likeness (QED) is 0.336. The van der Waals surface area contributed by atoms with Gasteiger partial charge in [0, 0.05) is 0 Å². The minimum Gasteiger partial charge on any atom is -0.492 e. The van der Waals surface area contributed by atoms with Crippen molar-refractivity contribution < 1.29 is 4.74 Å². The van der Waals surface area contributed by atoms with Crippen LogP contribution in [-0.2, 0) is 0 Å². The fraction of sp³-hybridized carbons (Fsp3) is 0.167. The van der Waals surface area contributed by atoms with E-state index in [0.29, 0.717) is 12.5 Å². The molecule has 0 aromatic heterocycles. The van der Waals surface area contributed by atoms with E-state index in [0.717, 1.165) is 12.2 Å². The monoisotopic (exact) mass is 362 g/mol. The molecule has 0 saturated carbocycles. The maximum atomic E-state index is 5.71. The van der Waals surface area contributed by atoms with Crippen LogP contribution in [0.3, 0.4) is 0 Å². The zero-order valence-electron chi connectivity index (χ0n) is 15.0. The molecule has 2 heteroatoms. The molecule has 0 amide bonds. The van der Waals surface area contributed by atoms with Crippen LogP contribution in [0.25, 0.3) is 11.1 Å². The molecule has 0 aliphatic rings. The van der Waals surface area contributed by atoms with Crippen LogP contribution >= 0.6 is 11.6 Å². The molecule has 0 N–H and O–H groups in total. The van der Waals surface area contributed by atoms with E-state index in [1.165, 1.54) is 27.8 Å². The average molecular weight is 363 g/mol. The van der Waals surface area contributed by atoms with Crippen molar-refractivity contribution in [2.75, 3.05) is 12.5 Å². The highest BCUT2D eigenvalue weighted by Gasteiger charge is 2.12. The number of hydrogen-bond acceptors (Lipinski definition) is 1. The van der Waals surface area contributed by atoms with Crippen LogP contribution in [0, 0.1) is 0 Å². The fourth-order valence-electron chi connectivity index (χ4n) is 3.16. The first-order valence-corrected chi connectivity index (χ1v) is 9.50. The highest BCUT2D eigenvalue weighted by Crippen LogP contribution is 2.34. The van der Waals surface area contributed by atoms with Crippen LogP contribution in [0.2, 0.25) is 0 Å². The molecule has 1 nitrogen and oxygen atoms in total. The molecule has 0 aliphatic heterocycles.